The number of carbonyl (C=O) groups excluding carboxylic acids is 1. The van der Waals surface area contributed by atoms with Gasteiger partial charge in [0.05, 0.1) is 25.9 Å². The van der Waals surface area contributed by atoms with E-state index in [1.807, 2.05) is 24.3 Å². The Labute approximate surface area is 155 Å². The number of hydrogen-bond acceptors (Lipinski definition) is 7. The number of rotatable bonds is 6. The number of carbonyl (C=O) groups is 1. The van der Waals surface area contributed by atoms with Gasteiger partial charge in [0.25, 0.3) is 5.91 Å². The third-order valence-electron chi connectivity index (χ3n) is 4.15. The van der Waals surface area contributed by atoms with Crippen molar-refractivity contribution < 1.29 is 23.4 Å². The van der Waals surface area contributed by atoms with Crippen molar-refractivity contribution in [2.75, 3.05) is 26.4 Å². The molecule has 4 rings (SSSR count). The normalized spacial score (nSPS) is 17.0. The second-order valence-corrected chi connectivity index (χ2v) is 6.05. The van der Waals surface area contributed by atoms with Gasteiger partial charge in [-0.3, -0.25) is 9.78 Å². The molecule has 1 aromatic carbocycles. The van der Waals surface area contributed by atoms with Gasteiger partial charge in [-0.25, -0.2) is 4.98 Å². The van der Waals surface area contributed by atoms with E-state index < -0.39 is 0 Å². The summed E-state index contributed by atoms with van der Waals surface area (Å²) < 4.78 is 21.9. The Morgan fingerprint density at radius 2 is 2.26 bits per heavy atom. The molecule has 1 N–H and O–H groups in total. The zero-order chi connectivity index (χ0) is 18.5. The highest BCUT2D eigenvalue weighted by atomic mass is 16.6. The van der Waals surface area contributed by atoms with Gasteiger partial charge in [-0.05, 0) is 12.1 Å². The molecule has 8 nitrogen and oxygen atoms in total. The SMILES string of the molecule is O=C(NCC1COCCO1)c1coc(COc2cccc3cnccc23)n1. The van der Waals surface area contributed by atoms with Crippen LogP contribution < -0.4 is 10.1 Å². The van der Waals surface area contributed by atoms with Crippen LogP contribution in [-0.2, 0) is 16.1 Å². The molecule has 3 heterocycles. The van der Waals surface area contributed by atoms with Gasteiger partial charge >= 0.3 is 0 Å². The lowest BCUT2D eigenvalue weighted by Crippen LogP contribution is -2.39. The zero-order valence-electron chi connectivity index (χ0n) is 14.6. The Balaban J connectivity index is 1.34. The molecular formula is C19H19N3O5. The van der Waals surface area contributed by atoms with E-state index in [1.54, 1.807) is 12.4 Å². The van der Waals surface area contributed by atoms with Crippen molar-refractivity contribution in [3.05, 3.63) is 54.5 Å². The quantitative estimate of drug-likeness (QED) is 0.709. The number of oxazole rings is 1. The Morgan fingerprint density at radius 3 is 3.15 bits per heavy atom. The average molecular weight is 369 g/mol. The maximum Gasteiger partial charge on any atom is 0.273 e. The van der Waals surface area contributed by atoms with E-state index in [9.17, 15) is 4.79 Å². The smallest absolute Gasteiger partial charge is 0.273 e. The van der Waals surface area contributed by atoms with Gasteiger partial charge in [-0.2, -0.15) is 0 Å². The van der Waals surface area contributed by atoms with Gasteiger partial charge in [-0.1, -0.05) is 12.1 Å². The third kappa shape index (κ3) is 4.24. The molecular weight excluding hydrogens is 350 g/mol. The van der Waals surface area contributed by atoms with Crippen molar-refractivity contribution in [1.82, 2.24) is 15.3 Å². The minimum absolute atomic E-state index is 0.119. The molecule has 0 aliphatic carbocycles. The fourth-order valence-corrected chi connectivity index (χ4v) is 2.79. The van der Waals surface area contributed by atoms with Crippen molar-refractivity contribution in [2.45, 2.75) is 12.7 Å². The van der Waals surface area contributed by atoms with Crippen LogP contribution in [0.3, 0.4) is 0 Å². The minimum Gasteiger partial charge on any atom is -0.483 e. The fraction of sp³-hybridized carbons (Fsp3) is 0.316. The lowest BCUT2D eigenvalue weighted by molar-refractivity contribution is -0.0855. The van der Waals surface area contributed by atoms with Gasteiger partial charge in [0, 0.05) is 29.7 Å². The minimum atomic E-state index is -0.324. The van der Waals surface area contributed by atoms with Crippen LogP contribution in [0.2, 0.25) is 0 Å². The van der Waals surface area contributed by atoms with Gasteiger partial charge in [0.2, 0.25) is 5.89 Å². The summed E-state index contributed by atoms with van der Waals surface area (Å²) in [6, 6.07) is 7.61. The van der Waals surface area contributed by atoms with Crippen molar-refractivity contribution >= 4 is 16.7 Å². The van der Waals surface area contributed by atoms with Gasteiger partial charge in [-0.15, -0.1) is 0 Å². The first kappa shape index (κ1) is 17.4. The third-order valence-corrected chi connectivity index (χ3v) is 4.15. The number of fused-ring (bicyclic) bond motifs is 1. The van der Waals surface area contributed by atoms with Crippen LogP contribution in [0.25, 0.3) is 10.8 Å². The standard InChI is InChI=1S/C19H19N3O5/c23-19(21-9-14-10-24-6-7-25-14)16-11-27-18(22-16)12-26-17-3-1-2-13-8-20-5-4-15(13)17/h1-5,8,11,14H,6-7,9-10,12H2,(H,21,23). The summed E-state index contributed by atoms with van der Waals surface area (Å²) in [5, 5.41) is 4.70. The maximum absolute atomic E-state index is 12.2. The molecule has 0 spiro atoms. The van der Waals surface area contributed by atoms with Crippen LogP contribution >= 0.6 is 0 Å². The number of ether oxygens (including phenoxy) is 3. The molecule has 1 aliphatic heterocycles. The summed E-state index contributed by atoms with van der Waals surface area (Å²) >= 11 is 0. The van der Waals surface area contributed by atoms with E-state index in [-0.39, 0.29) is 24.3 Å². The summed E-state index contributed by atoms with van der Waals surface area (Å²) in [5.74, 6) is 0.701. The van der Waals surface area contributed by atoms with Crippen LogP contribution in [-0.4, -0.2) is 48.3 Å². The topological polar surface area (TPSA) is 95.7 Å². The lowest BCUT2D eigenvalue weighted by atomic mass is 10.1. The second kappa shape index (κ2) is 8.15. The Bertz CT molecular complexity index is 915. The first-order chi connectivity index (χ1) is 13.3. The molecule has 8 heteroatoms. The summed E-state index contributed by atoms with van der Waals surface area (Å²) in [6.45, 7) is 2.08. The van der Waals surface area contributed by atoms with Crippen molar-refractivity contribution in [1.29, 1.82) is 0 Å². The van der Waals surface area contributed by atoms with Crippen molar-refractivity contribution in [3.63, 3.8) is 0 Å². The fourth-order valence-electron chi connectivity index (χ4n) is 2.79. The van der Waals surface area contributed by atoms with E-state index in [4.69, 9.17) is 18.6 Å². The Kier molecular flexibility index (Phi) is 5.27. The van der Waals surface area contributed by atoms with E-state index in [1.165, 1.54) is 6.26 Å². The maximum atomic E-state index is 12.2. The number of aromatic nitrogens is 2. The van der Waals surface area contributed by atoms with Crippen molar-refractivity contribution in [2.24, 2.45) is 0 Å². The van der Waals surface area contributed by atoms with E-state index in [0.29, 0.717) is 38.0 Å². The molecule has 27 heavy (non-hydrogen) atoms. The molecule has 1 aliphatic rings. The molecule has 140 valence electrons. The number of hydrogen-bond donors (Lipinski definition) is 1. The van der Waals surface area contributed by atoms with Crippen LogP contribution in [0.5, 0.6) is 5.75 Å². The van der Waals surface area contributed by atoms with Crippen LogP contribution in [0.15, 0.2) is 47.3 Å². The Hall–Kier alpha value is -2.97. The molecule has 1 saturated heterocycles. The molecule has 1 atom stereocenters. The highest BCUT2D eigenvalue weighted by Gasteiger charge is 2.18. The molecule has 1 unspecified atom stereocenters. The molecule has 0 saturated carbocycles. The summed E-state index contributed by atoms with van der Waals surface area (Å²) in [6.07, 6.45) is 4.67. The van der Waals surface area contributed by atoms with Crippen molar-refractivity contribution in [3.8, 4) is 5.75 Å². The monoisotopic (exact) mass is 369 g/mol. The largest absolute Gasteiger partial charge is 0.483 e. The number of benzene rings is 1. The molecule has 0 bridgehead atoms. The number of nitrogens with zero attached hydrogens (tertiary/aromatic N) is 2. The molecule has 1 fully saturated rings. The predicted octanol–water partition coefficient (Wildman–Crippen LogP) is 1.95. The predicted molar refractivity (Wildman–Crippen MR) is 95.5 cm³/mol. The number of nitrogens with one attached hydrogen (secondary N) is 1. The highest BCUT2D eigenvalue weighted by Crippen LogP contribution is 2.25. The van der Waals surface area contributed by atoms with Gasteiger partial charge in [0.1, 0.15) is 12.0 Å². The molecule has 2 aromatic heterocycles. The summed E-state index contributed by atoms with van der Waals surface area (Å²) in [4.78, 5) is 20.5. The lowest BCUT2D eigenvalue weighted by Gasteiger charge is -2.22. The Morgan fingerprint density at radius 1 is 1.30 bits per heavy atom. The highest BCUT2D eigenvalue weighted by molar-refractivity contribution is 5.91. The van der Waals surface area contributed by atoms with E-state index >= 15 is 0 Å². The van der Waals surface area contributed by atoms with Gasteiger partial charge < -0.3 is 23.9 Å². The second-order valence-electron chi connectivity index (χ2n) is 6.05. The van der Waals surface area contributed by atoms with E-state index in [2.05, 4.69) is 15.3 Å². The molecule has 3 aromatic rings. The van der Waals surface area contributed by atoms with Gasteiger partial charge in [0.15, 0.2) is 12.3 Å². The molecule has 0 radical (unpaired) electrons. The average Bonchev–Trinajstić information content (AvgIpc) is 3.20. The van der Waals surface area contributed by atoms with Crippen LogP contribution in [0, 0.1) is 0 Å². The summed E-state index contributed by atoms with van der Waals surface area (Å²) in [5.41, 5.74) is 0.201. The number of pyridine rings is 1. The first-order valence-electron chi connectivity index (χ1n) is 8.67. The number of amides is 1. The summed E-state index contributed by atoms with van der Waals surface area (Å²) in [7, 11) is 0. The van der Waals surface area contributed by atoms with E-state index in [0.717, 1.165) is 10.8 Å². The van der Waals surface area contributed by atoms with Crippen LogP contribution in [0.4, 0.5) is 0 Å². The zero-order valence-corrected chi connectivity index (χ0v) is 14.6. The van der Waals surface area contributed by atoms with Crippen LogP contribution in [0.1, 0.15) is 16.4 Å². The first-order valence-corrected chi connectivity index (χ1v) is 8.67. The molecule has 1 amide bonds.